The van der Waals surface area contributed by atoms with Gasteiger partial charge in [-0.1, -0.05) is 42.9 Å². The van der Waals surface area contributed by atoms with Crippen LogP contribution in [0.25, 0.3) is 6.08 Å². The van der Waals surface area contributed by atoms with E-state index in [1.54, 1.807) is 19.1 Å². The Morgan fingerprint density at radius 1 is 0.441 bits per heavy atom. The number of aromatic hydroxyl groups is 4. The van der Waals surface area contributed by atoms with Crippen molar-refractivity contribution < 1.29 is 116 Å². The number of allylic oxidation sites excluding steroid dienone is 5. The van der Waals surface area contributed by atoms with Gasteiger partial charge in [0.25, 0.3) is 0 Å². The van der Waals surface area contributed by atoms with Gasteiger partial charge in [-0.3, -0.25) is 24.0 Å². The van der Waals surface area contributed by atoms with Gasteiger partial charge in [0.1, 0.15) is 80.0 Å². The summed E-state index contributed by atoms with van der Waals surface area (Å²) in [6.45, 7) is 10.1. The number of hydrogen-bond acceptors (Lipinski definition) is 24. The maximum absolute atomic E-state index is 12.8. The lowest BCUT2D eigenvalue weighted by atomic mass is 9.97. The van der Waals surface area contributed by atoms with Crippen molar-refractivity contribution in [3.05, 3.63) is 112 Å². The summed E-state index contributed by atoms with van der Waals surface area (Å²) in [6, 6.07) is 9.64. The maximum atomic E-state index is 12.8. The molecule has 0 aliphatic carbocycles. The fourth-order valence-corrected chi connectivity index (χ4v) is 11.4. The first-order valence-corrected chi connectivity index (χ1v) is 35.0. The second-order valence-electron chi connectivity index (χ2n) is 24.9. The number of methoxy groups -OCH3 is 2. The molecule has 556 valence electrons. The number of aryl methyl sites for hydroxylation is 1. The lowest BCUT2D eigenvalue weighted by Gasteiger charge is -2.20. The summed E-state index contributed by atoms with van der Waals surface area (Å²) < 4.78 is 59.4. The molecule has 4 aliphatic rings. The van der Waals surface area contributed by atoms with Crippen LogP contribution in [0.3, 0.4) is 0 Å². The monoisotopic (exact) mass is 1420 g/mol. The number of carbonyl (C=O) groups is 9. The number of rotatable bonds is 6. The van der Waals surface area contributed by atoms with E-state index in [-0.39, 0.29) is 123 Å². The van der Waals surface area contributed by atoms with Crippen LogP contribution in [0.4, 0.5) is 0 Å². The highest BCUT2D eigenvalue weighted by molar-refractivity contribution is 6.06. The molecule has 102 heavy (non-hydrogen) atoms. The van der Waals surface area contributed by atoms with E-state index >= 15 is 0 Å². The summed E-state index contributed by atoms with van der Waals surface area (Å²) in [5.74, 6) is -3.79. The van der Waals surface area contributed by atoms with Crippen molar-refractivity contribution in [2.45, 2.75) is 214 Å². The Balaban J connectivity index is 0.000000245. The van der Waals surface area contributed by atoms with Crippen molar-refractivity contribution in [3.8, 4) is 57.5 Å². The smallest absolute Gasteiger partial charge is 0.345 e. The average Bonchev–Trinajstić information content (AvgIpc) is 0.785. The molecule has 4 aromatic carbocycles. The van der Waals surface area contributed by atoms with E-state index in [0.29, 0.717) is 87.2 Å². The fourth-order valence-electron chi connectivity index (χ4n) is 11.4. The summed E-state index contributed by atoms with van der Waals surface area (Å²) in [6.07, 6.45) is 29.5. The number of fused-ring (bicyclic) bond motifs is 4. The van der Waals surface area contributed by atoms with E-state index < -0.39 is 35.8 Å². The van der Waals surface area contributed by atoms with Gasteiger partial charge in [0.15, 0.2) is 23.0 Å². The van der Waals surface area contributed by atoms with Crippen LogP contribution in [0, 0.1) is 0 Å². The Bertz CT molecular complexity index is 3580. The Morgan fingerprint density at radius 2 is 0.971 bits per heavy atom. The number of hydrogen-bond donors (Lipinski definition) is 4. The van der Waals surface area contributed by atoms with Crippen LogP contribution in [0.15, 0.2) is 72.8 Å². The molecule has 3 atom stereocenters. The zero-order chi connectivity index (χ0) is 74.5. The number of esters is 7. The third-order valence-electron chi connectivity index (χ3n) is 16.3. The Hall–Kier alpha value is -9.87. The summed E-state index contributed by atoms with van der Waals surface area (Å²) in [5.41, 5.74) is 1.36. The Morgan fingerprint density at radius 3 is 1.57 bits per heavy atom. The zero-order valence-electron chi connectivity index (χ0n) is 60.0. The molecule has 0 saturated heterocycles. The number of ether oxygens (including phenoxy) is 11. The summed E-state index contributed by atoms with van der Waals surface area (Å²) in [7, 11) is 2.88. The third kappa shape index (κ3) is 28.6. The zero-order valence-corrected chi connectivity index (χ0v) is 60.0. The minimum Gasteiger partial charge on any atom is -0.508 e. The van der Waals surface area contributed by atoms with Gasteiger partial charge in [0, 0.05) is 63.9 Å². The van der Waals surface area contributed by atoms with Crippen molar-refractivity contribution in [1.82, 2.24) is 0 Å². The molecule has 0 saturated carbocycles. The first kappa shape index (κ1) is 82.8. The van der Waals surface area contributed by atoms with Crippen LogP contribution in [-0.2, 0) is 49.3 Å². The SMILES string of the molecule is CC(=O)O[C@@H]1CCCCCc2cc(O)cc(O)c2C(=O)O[C@@H](C)CCC1.COc1cc(OC(C)=O)c2c(c1C(C)=O)OCCCC/C=C\CCCOC2=O.COc1cc2c(c(OC(C)=O)c1)C(=O)OCCC/C=C\CCCCO2.C[C@H]1CCCC(=O)CCC/C=C/c2cc(O)cc(O)c2C(=O)O1. The molecule has 0 aromatic heterocycles. The van der Waals surface area contributed by atoms with Crippen molar-refractivity contribution >= 4 is 59.4 Å². The quantitative estimate of drug-likeness (QED) is 0.0458. The number of cyclic esters (lactones) is 4. The number of phenols is 4. The average molecular weight is 1420 g/mol. The van der Waals surface area contributed by atoms with E-state index in [9.17, 15) is 63.6 Å². The number of benzene rings is 4. The van der Waals surface area contributed by atoms with E-state index in [1.807, 2.05) is 13.0 Å². The van der Waals surface area contributed by atoms with Crippen LogP contribution in [0.5, 0.6) is 57.5 Å². The van der Waals surface area contributed by atoms with E-state index in [4.69, 9.17) is 52.1 Å². The van der Waals surface area contributed by atoms with Crippen LogP contribution >= 0.6 is 0 Å². The molecule has 0 bridgehead atoms. The molecule has 8 rings (SSSR count). The molecule has 0 radical (unpaired) electrons. The normalized spacial score (nSPS) is 19.5. The van der Waals surface area contributed by atoms with Gasteiger partial charge in [0.05, 0.1) is 52.9 Å². The molecular weight excluding hydrogens is 1320 g/mol. The molecule has 4 heterocycles. The first-order chi connectivity index (χ1) is 48.9. The van der Waals surface area contributed by atoms with Crippen molar-refractivity contribution in [3.63, 3.8) is 0 Å². The minimum atomic E-state index is -0.711. The third-order valence-corrected chi connectivity index (χ3v) is 16.3. The molecule has 0 amide bonds. The highest BCUT2D eigenvalue weighted by Gasteiger charge is 2.31. The molecule has 24 heteroatoms. The Kier molecular flexibility index (Phi) is 36.0. The highest BCUT2D eigenvalue weighted by atomic mass is 16.6. The predicted molar refractivity (Wildman–Crippen MR) is 377 cm³/mol. The van der Waals surface area contributed by atoms with E-state index in [1.165, 1.54) is 66.2 Å². The van der Waals surface area contributed by atoms with Crippen LogP contribution in [0.1, 0.15) is 252 Å². The number of Topliss-reactive ketones (excluding diaryl/α,β-unsaturated/α-hetero) is 2. The largest absolute Gasteiger partial charge is 0.508 e. The molecular formula is C78H100O24. The van der Waals surface area contributed by atoms with Crippen molar-refractivity contribution in [2.24, 2.45) is 0 Å². The second kappa shape index (κ2) is 44.4. The molecule has 0 unspecified atom stereocenters. The van der Waals surface area contributed by atoms with Gasteiger partial charge < -0.3 is 72.5 Å². The summed E-state index contributed by atoms with van der Waals surface area (Å²) >= 11 is 0. The van der Waals surface area contributed by atoms with Gasteiger partial charge in [0.2, 0.25) is 0 Å². The predicted octanol–water partition coefficient (Wildman–Crippen LogP) is 15.0. The lowest BCUT2D eigenvalue weighted by molar-refractivity contribution is -0.147. The van der Waals surface area contributed by atoms with Gasteiger partial charge in [-0.25, -0.2) is 19.2 Å². The Labute approximate surface area is 596 Å². The first-order valence-electron chi connectivity index (χ1n) is 35.0. The molecule has 0 spiro atoms. The van der Waals surface area contributed by atoms with E-state index in [0.717, 1.165) is 115 Å². The van der Waals surface area contributed by atoms with E-state index in [2.05, 4.69) is 24.3 Å². The van der Waals surface area contributed by atoms with Gasteiger partial charge in [-0.2, -0.15) is 0 Å². The topological polar surface area (TPSA) is 336 Å². The van der Waals surface area contributed by atoms with Crippen molar-refractivity contribution in [1.29, 1.82) is 0 Å². The van der Waals surface area contributed by atoms with Gasteiger partial charge in [-0.15, -0.1) is 0 Å². The van der Waals surface area contributed by atoms with Crippen LogP contribution in [0.2, 0.25) is 0 Å². The molecule has 4 aliphatic heterocycles. The second-order valence-corrected chi connectivity index (χ2v) is 24.9. The van der Waals surface area contributed by atoms with Gasteiger partial charge >= 0.3 is 41.8 Å². The number of carbonyl (C=O) groups excluding carboxylic acids is 9. The molecule has 4 aromatic rings. The fraction of sp³-hybridized carbons (Fsp3) is 0.500. The standard InChI is InChI=1S/C21H26O7.C20H28O6.C19H24O6.C18H22O5/c1-14(22)18-16(25-3)13-17(28-15(2)23)19-20(18)26-11-9-7-5-4-6-8-10-12-27-21(19)24;1-13-7-6-10-17(26-14(2)21)9-5-3-4-8-15-11-16(22)12-18(23)19(15)20(24)25-13;1-14(20)25-17-13-15(22-2)12-16-18(17)19(21)24-11-9-7-5-3-4-6-8-10-23-16;1-12-6-5-9-14(19)8-4-2-3-7-13-10-15(20)11-16(21)17(13)18(22)23-12/h4,6,13H,5,7-12H2,1-3H3;11-13,17,22-23H,3-10H2,1-2H3;3,5,12-13H,4,6-11H2,1-2H3;3,7,10-12,20-21H,2,4-6,8-9H2,1H3/b6-4-;;5-3-;7-3+/t;13-,17+;;12-/m.0.0/s1. The maximum Gasteiger partial charge on any atom is 0.345 e. The lowest BCUT2D eigenvalue weighted by Crippen LogP contribution is -2.20. The molecule has 0 fully saturated rings. The molecule has 24 nitrogen and oxygen atoms in total. The summed E-state index contributed by atoms with van der Waals surface area (Å²) in [4.78, 5) is 108. The number of phenolic OH excluding ortho intramolecular Hbond substituents is 4. The number of ketones is 2. The van der Waals surface area contributed by atoms with Crippen LogP contribution < -0.4 is 28.4 Å². The summed E-state index contributed by atoms with van der Waals surface area (Å²) in [5, 5.41) is 39.5. The van der Waals surface area contributed by atoms with Gasteiger partial charge in [-0.05, 0) is 179 Å². The van der Waals surface area contributed by atoms with Crippen molar-refractivity contribution in [2.75, 3.05) is 40.6 Å². The highest BCUT2D eigenvalue weighted by Crippen LogP contribution is 2.42. The van der Waals surface area contributed by atoms with Crippen LogP contribution in [-0.4, -0.2) is 133 Å². The molecule has 4 N–H and O–H groups in total. The minimum absolute atomic E-state index is 0.0284.